The van der Waals surface area contributed by atoms with Gasteiger partial charge in [-0.3, -0.25) is 4.79 Å². The highest BCUT2D eigenvalue weighted by molar-refractivity contribution is 7.90. The van der Waals surface area contributed by atoms with Crippen molar-refractivity contribution in [2.75, 3.05) is 37.8 Å². The molecule has 1 atom stereocenters. The second kappa shape index (κ2) is 17.0. The van der Waals surface area contributed by atoms with Crippen molar-refractivity contribution in [1.82, 2.24) is 14.7 Å². The Kier molecular flexibility index (Phi) is 11.8. The number of nitrogens with one attached hydrogen (secondary N) is 2. The number of amides is 1. The quantitative estimate of drug-likeness (QED) is 0.127. The number of carbonyl (C=O) groups is 1. The third-order valence-electron chi connectivity index (χ3n) is 11.6. The molecule has 13 heteroatoms. The Morgan fingerprint density at radius 1 is 0.983 bits per heavy atom. The van der Waals surface area contributed by atoms with E-state index in [1.54, 1.807) is 24.0 Å². The number of aromatic nitrogens is 2. The molecule has 10 nitrogen and oxygen atoms in total. The molecule has 8 rings (SSSR count). The van der Waals surface area contributed by atoms with Gasteiger partial charge in [-0.1, -0.05) is 54.8 Å². The first kappa shape index (κ1) is 40.2. The molecule has 0 bridgehead atoms. The van der Waals surface area contributed by atoms with Gasteiger partial charge >= 0.3 is 0 Å². The summed E-state index contributed by atoms with van der Waals surface area (Å²) in [4.78, 5) is 23.5. The Hall–Kier alpha value is -4.55. The molecule has 5 aromatic rings. The maximum atomic E-state index is 13.8. The fourth-order valence-electron chi connectivity index (χ4n) is 8.26. The zero-order chi connectivity index (χ0) is 40.4. The van der Waals surface area contributed by atoms with Gasteiger partial charge in [-0.2, -0.15) is 0 Å². The van der Waals surface area contributed by atoms with Crippen LogP contribution in [0.15, 0.2) is 95.7 Å². The number of rotatable bonds is 12. The van der Waals surface area contributed by atoms with Gasteiger partial charge in [0.25, 0.3) is 15.9 Å². The van der Waals surface area contributed by atoms with Gasteiger partial charge in [0.2, 0.25) is 0 Å². The van der Waals surface area contributed by atoms with E-state index in [9.17, 15) is 13.2 Å². The van der Waals surface area contributed by atoms with E-state index in [4.69, 9.17) is 37.4 Å². The SMILES string of the molecule is CC1(C)CCC(CC2CCN(c3ccc(C(=O)NS(=O)(=O)c4ccc(OCC5CCOC5)c(Cl)c4)c(Oc4cnc5[nH]ccc5c4)c3)CC2)=C(c2ccc(Cl)cc2)C1. The molecule has 58 heavy (non-hydrogen) atoms. The number of hydrogen-bond donors (Lipinski definition) is 2. The molecular formula is C45H48Cl2N4O6S. The van der Waals surface area contributed by atoms with Gasteiger partial charge in [-0.05, 0) is 122 Å². The minimum atomic E-state index is -4.32. The molecule has 1 amide bonds. The average molecular weight is 844 g/mol. The van der Waals surface area contributed by atoms with E-state index in [1.165, 1.54) is 35.8 Å². The van der Waals surface area contributed by atoms with Crippen molar-refractivity contribution in [1.29, 1.82) is 0 Å². The molecule has 2 N–H and O–H groups in total. The largest absolute Gasteiger partial charge is 0.492 e. The third kappa shape index (κ3) is 9.33. The first-order valence-corrected chi connectivity index (χ1v) is 22.2. The molecule has 3 aromatic carbocycles. The molecule has 1 aliphatic carbocycles. The standard InChI is InChI=1S/C45H48Cl2N4O6S/c1-45(2)16-11-32(39(25-45)31-3-5-34(46)6-4-31)21-29-13-18-51(19-14-29)35-7-9-38(42(23-35)57-36-22-33-12-17-48-43(33)49-26-36)44(52)50-58(53,54)37-8-10-41(40(47)24-37)56-28-30-15-20-55-27-30/h3-10,12,17,22-24,26,29-30H,11,13-16,18-21,25,27-28H2,1-2H3,(H,48,49)(H,50,52). The number of halogens is 2. The summed E-state index contributed by atoms with van der Waals surface area (Å²) < 4.78 is 46.9. The van der Waals surface area contributed by atoms with Crippen LogP contribution in [-0.4, -0.2) is 57.2 Å². The minimum absolute atomic E-state index is 0.0584. The molecule has 2 aromatic heterocycles. The van der Waals surface area contributed by atoms with Crippen LogP contribution in [0, 0.1) is 17.3 Å². The first-order valence-electron chi connectivity index (χ1n) is 19.9. The molecule has 304 valence electrons. The lowest BCUT2D eigenvalue weighted by molar-refractivity contribution is 0.0979. The van der Waals surface area contributed by atoms with Crippen molar-refractivity contribution in [3.8, 4) is 17.2 Å². The lowest BCUT2D eigenvalue weighted by Crippen LogP contribution is -2.34. The van der Waals surface area contributed by atoms with E-state index in [-0.39, 0.29) is 32.6 Å². The molecule has 2 saturated heterocycles. The number of hydrogen-bond acceptors (Lipinski definition) is 8. The van der Waals surface area contributed by atoms with E-state index in [2.05, 4.69) is 45.6 Å². The van der Waals surface area contributed by atoms with Crippen LogP contribution in [0.2, 0.25) is 10.0 Å². The van der Waals surface area contributed by atoms with Gasteiger partial charge in [-0.15, -0.1) is 0 Å². The summed E-state index contributed by atoms with van der Waals surface area (Å²) in [5.74, 6) is 0.946. The van der Waals surface area contributed by atoms with Crippen LogP contribution >= 0.6 is 23.2 Å². The van der Waals surface area contributed by atoms with Gasteiger partial charge < -0.3 is 24.1 Å². The predicted octanol–water partition coefficient (Wildman–Crippen LogP) is 10.5. The maximum Gasteiger partial charge on any atom is 0.268 e. The fraction of sp³-hybridized carbons (Fsp3) is 0.378. The molecule has 2 fully saturated rings. The Balaban J connectivity index is 0.992. The molecular weight excluding hydrogens is 795 g/mol. The highest BCUT2D eigenvalue weighted by atomic mass is 35.5. The molecule has 2 aliphatic heterocycles. The molecule has 0 saturated carbocycles. The maximum absolute atomic E-state index is 13.8. The summed E-state index contributed by atoms with van der Waals surface area (Å²) in [6.07, 6.45) is 10.7. The summed E-state index contributed by atoms with van der Waals surface area (Å²) in [6.45, 7) is 8.11. The zero-order valence-corrected chi connectivity index (χ0v) is 35.1. The lowest BCUT2D eigenvalue weighted by Gasteiger charge is -2.37. The number of ether oxygens (including phenoxy) is 3. The van der Waals surface area contributed by atoms with Crippen molar-refractivity contribution in [3.63, 3.8) is 0 Å². The molecule has 0 radical (unpaired) electrons. The smallest absolute Gasteiger partial charge is 0.268 e. The zero-order valence-electron chi connectivity index (χ0n) is 32.7. The number of benzene rings is 3. The van der Waals surface area contributed by atoms with Crippen LogP contribution in [0.4, 0.5) is 5.69 Å². The monoisotopic (exact) mass is 842 g/mol. The molecule has 0 spiro atoms. The van der Waals surface area contributed by atoms with Crippen LogP contribution in [0.1, 0.15) is 74.7 Å². The van der Waals surface area contributed by atoms with Gasteiger partial charge in [0.05, 0.1) is 34.9 Å². The number of sulfonamides is 1. The lowest BCUT2D eigenvalue weighted by atomic mass is 9.70. The topological polar surface area (TPSA) is 123 Å². The van der Waals surface area contributed by atoms with E-state index >= 15 is 0 Å². The van der Waals surface area contributed by atoms with E-state index in [0.29, 0.717) is 42.9 Å². The number of H-pyrrole nitrogens is 1. The number of piperidine rings is 1. The molecule has 4 heterocycles. The van der Waals surface area contributed by atoms with Crippen LogP contribution in [0.25, 0.3) is 16.6 Å². The molecule has 1 unspecified atom stereocenters. The van der Waals surface area contributed by atoms with E-state index < -0.39 is 15.9 Å². The van der Waals surface area contributed by atoms with Crippen molar-refractivity contribution < 1.29 is 27.4 Å². The highest BCUT2D eigenvalue weighted by Crippen LogP contribution is 2.46. The second-order valence-corrected chi connectivity index (χ2v) is 19.0. The number of allylic oxidation sites excluding steroid dienone is 2. The Morgan fingerprint density at radius 3 is 2.55 bits per heavy atom. The Morgan fingerprint density at radius 2 is 1.79 bits per heavy atom. The van der Waals surface area contributed by atoms with Crippen LogP contribution in [0.5, 0.6) is 17.2 Å². The summed E-state index contributed by atoms with van der Waals surface area (Å²) >= 11 is 12.7. The predicted molar refractivity (Wildman–Crippen MR) is 229 cm³/mol. The minimum Gasteiger partial charge on any atom is -0.492 e. The van der Waals surface area contributed by atoms with E-state index in [1.807, 2.05) is 36.4 Å². The third-order valence-corrected chi connectivity index (χ3v) is 13.5. The fourth-order valence-corrected chi connectivity index (χ4v) is 9.68. The summed E-state index contributed by atoms with van der Waals surface area (Å²) in [5.41, 5.74) is 6.22. The van der Waals surface area contributed by atoms with Gasteiger partial charge in [-0.25, -0.2) is 18.1 Å². The van der Waals surface area contributed by atoms with Gasteiger partial charge in [0.1, 0.15) is 22.9 Å². The normalized spacial score (nSPS) is 18.8. The number of anilines is 1. The first-order chi connectivity index (χ1) is 27.9. The number of carbonyl (C=O) groups excluding carboxylic acids is 1. The van der Waals surface area contributed by atoms with Crippen molar-refractivity contribution in [3.05, 3.63) is 112 Å². The van der Waals surface area contributed by atoms with Crippen molar-refractivity contribution in [2.24, 2.45) is 17.3 Å². The number of aromatic amines is 1. The summed E-state index contributed by atoms with van der Waals surface area (Å²) in [6, 6.07) is 21.4. The number of pyridine rings is 1. The van der Waals surface area contributed by atoms with Crippen LogP contribution < -0.4 is 19.1 Å². The molecule has 3 aliphatic rings. The van der Waals surface area contributed by atoms with Crippen molar-refractivity contribution >= 4 is 61.4 Å². The Bertz CT molecular complexity index is 2430. The highest BCUT2D eigenvalue weighted by Gasteiger charge is 2.31. The van der Waals surface area contributed by atoms with Crippen LogP contribution in [0.3, 0.4) is 0 Å². The second-order valence-electron chi connectivity index (χ2n) is 16.5. The van der Waals surface area contributed by atoms with Gasteiger partial charge in [0.15, 0.2) is 0 Å². The van der Waals surface area contributed by atoms with Gasteiger partial charge in [0, 0.05) is 54.0 Å². The van der Waals surface area contributed by atoms with Crippen molar-refractivity contribution in [2.45, 2.75) is 63.7 Å². The van der Waals surface area contributed by atoms with E-state index in [0.717, 1.165) is 67.7 Å². The van der Waals surface area contributed by atoms with Crippen LogP contribution in [-0.2, 0) is 14.8 Å². The number of nitrogens with zero attached hydrogens (tertiary/aromatic N) is 2. The summed E-state index contributed by atoms with van der Waals surface area (Å²) in [7, 11) is -4.32. The average Bonchev–Trinajstić information content (AvgIpc) is 3.91. The Labute approximate surface area is 349 Å². The summed E-state index contributed by atoms with van der Waals surface area (Å²) in [5, 5.41) is 1.71. The number of fused-ring (bicyclic) bond motifs is 1.